The Morgan fingerprint density at radius 3 is 2.41 bits per heavy atom. The molecule has 0 saturated heterocycles. The van der Waals surface area contributed by atoms with Gasteiger partial charge in [-0.3, -0.25) is 0 Å². The average molecular weight is 310 g/mol. The van der Waals surface area contributed by atoms with Gasteiger partial charge in [-0.1, -0.05) is 26.0 Å². The van der Waals surface area contributed by atoms with Gasteiger partial charge >= 0.3 is 12.0 Å². The summed E-state index contributed by atoms with van der Waals surface area (Å²) in [7, 11) is 1.30. The van der Waals surface area contributed by atoms with E-state index in [1.54, 1.807) is 12.1 Å². The minimum atomic E-state index is -0.657. The monoisotopic (exact) mass is 310 g/mol. The van der Waals surface area contributed by atoms with E-state index in [1.807, 2.05) is 13.8 Å². The lowest BCUT2D eigenvalue weighted by atomic mass is 10.0. The molecule has 0 saturated carbocycles. The smallest absolute Gasteiger partial charge is 0.328 e. The summed E-state index contributed by atoms with van der Waals surface area (Å²) in [5, 5.41) is 5.29. The molecular weight excluding hydrogens is 287 g/mol. The van der Waals surface area contributed by atoms with Crippen molar-refractivity contribution in [2.75, 3.05) is 13.7 Å². The largest absolute Gasteiger partial charge is 0.467 e. The highest BCUT2D eigenvalue weighted by molar-refractivity contribution is 5.83. The van der Waals surface area contributed by atoms with Gasteiger partial charge in [-0.2, -0.15) is 0 Å². The van der Waals surface area contributed by atoms with Gasteiger partial charge in [0.25, 0.3) is 0 Å². The molecule has 0 spiro atoms. The number of urea groups is 1. The number of rotatable bonds is 7. The fourth-order valence-electron chi connectivity index (χ4n) is 2.01. The van der Waals surface area contributed by atoms with Crippen LogP contribution in [0.2, 0.25) is 0 Å². The van der Waals surface area contributed by atoms with Gasteiger partial charge in [0.15, 0.2) is 0 Å². The number of hydrogen-bond acceptors (Lipinski definition) is 3. The Kier molecular flexibility index (Phi) is 7.36. The van der Waals surface area contributed by atoms with E-state index in [-0.39, 0.29) is 11.7 Å². The molecule has 122 valence electrons. The first-order valence-electron chi connectivity index (χ1n) is 7.29. The van der Waals surface area contributed by atoms with Crippen LogP contribution in [-0.4, -0.2) is 31.7 Å². The molecular formula is C16H23FN2O3. The zero-order valence-corrected chi connectivity index (χ0v) is 13.2. The molecule has 0 aliphatic carbocycles. The minimum Gasteiger partial charge on any atom is -0.467 e. The van der Waals surface area contributed by atoms with Crippen molar-refractivity contribution in [3.8, 4) is 0 Å². The predicted molar refractivity (Wildman–Crippen MR) is 81.9 cm³/mol. The van der Waals surface area contributed by atoms with E-state index in [4.69, 9.17) is 0 Å². The van der Waals surface area contributed by atoms with E-state index in [1.165, 1.54) is 19.2 Å². The van der Waals surface area contributed by atoms with E-state index in [9.17, 15) is 14.0 Å². The first-order chi connectivity index (χ1) is 10.4. The summed E-state index contributed by atoms with van der Waals surface area (Å²) in [6.07, 6.45) is 1.10. The highest BCUT2D eigenvalue weighted by Crippen LogP contribution is 2.06. The molecule has 0 radical (unpaired) electrons. The topological polar surface area (TPSA) is 67.4 Å². The van der Waals surface area contributed by atoms with Crippen molar-refractivity contribution >= 4 is 12.0 Å². The maximum atomic E-state index is 12.8. The zero-order valence-electron chi connectivity index (χ0n) is 13.2. The van der Waals surface area contributed by atoms with E-state index in [0.717, 1.165) is 5.56 Å². The lowest BCUT2D eigenvalue weighted by Crippen LogP contribution is -2.47. The summed E-state index contributed by atoms with van der Waals surface area (Å²) >= 11 is 0. The van der Waals surface area contributed by atoms with Crippen LogP contribution in [0.3, 0.4) is 0 Å². The summed E-state index contributed by atoms with van der Waals surface area (Å²) < 4.78 is 17.5. The first kappa shape index (κ1) is 17.9. The standard InChI is InChI=1S/C16H23FN2O3/c1-11(2)10-14(15(20)22-3)19-16(21)18-9-8-12-4-6-13(17)7-5-12/h4-7,11,14H,8-10H2,1-3H3,(H2,18,19,21)/t14-/m0/s1. The average Bonchev–Trinajstić information content (AvgIpc) is 2.47. The predicted octanol–water partition coefficient (Wildman–Crippen LogP) is 2.26. The molecule has 1 aromatic carbocycles. The molecule has 2 N–H and O–H groups in total. The zero-order chi connectivity index (χ0) is 16.5. The quantitative estimate of drug-likeness (QED) is 0.759. The number of amides is 2. The number of benzene rings is 1. The Morgan fingerprint density at radius 1 is 1.23 bits per heavy atom. The highest BCUT2D eigenvalue weighted by atomic mass is 19.1. The molecule has 2 amide bonds. The molecule has 0 aliphatic heterocycles. The van der Waals surface area contributed by atoms with Crippen LogP contribution in [0.4, 0.5) is 9.18 Å². The maximum Gasteiger partial charge on any atom is 0.328 e. The van der Waals surface area contributed by atoms with Crippen LogP contribution in [0.5, 0.6) is 0 Å². The van der Waals surface area contributed by atoms with Crippen LogP contribution < -0.4 is 10.6 Å². The van der Waals surface area contributed by atoms with Gasteiger partial charge in [-0.15, -0.1) is 0 Å². The fourth-order valence-corrected chi connectivity index (χ4v) is 2.01. The summed E-state index contributed by atoms with van der Waals surface area (Å²) in [5.74, 6) is -0.491. The Bertz CT molecular complexity index is 489. The van der Waals surface area contributed by atoms with Gasteiger partial charge < -0.3 is 15.4 Å². The normalized spacial score (nSPS) is 11.9. The summed E-state index contributed by atoms with van der Waals surface area (Å²) in [6, 6.07) is 5.03. The van der Waals surface area contributed by atoms with Crippen molar-refractivity contribution in [1.29, 1.82) is 0 Å². The third-order valence-electron chi connectivity index (χ3n) is 3.11. The van der Waals surface area contributed by atoms with Crippen molar-refractivity contribution in [1.82, 2.24) is 10.6 Å². The molecule has 0 aliphatic rings. The SMILES string of the molecule is COC(=O)[C@H](CC(C)C)NC(=O)NCCc1ccc(F)cc1. The van der Waals surface area contributed by atoms with Crippen LogP contribution in [-0.2, 0) is 16.0 Å². The van der Waals surface area contributed by atoms with Gasteiger partial charge in [0, 0.05) is 6.54 Å². The second kappa shape index (κ2) is 9.02. The van der Waals surface area contributed by atoms with Crippen molar-refractivity contribution in [2.24, 2.45) is 5.92 Å². The molecule has 5 nitrogen and oxygen atoms in total. The fraction of sp³-hybridized carbons (Fsp3) is 0.500. The molecule has 1 rings (SSSR count). The molecule has 1 atom stereocenters. The molecule has 0 fully saturated rings. The van der Waals surface area contributed by atoms with E-state index in [2.05, 4.69) is 15.4 Å². The van der Waals surface area contributed by atoms with Crippen molar-refractivity contribution in [2.45, 2.75) is 32.7 Å². The molecule has 0 unspecified atom stereocenters. The number of ether oxygens (including phenoxy) is 1. The molecule has 0 aromatic heterocycles. The molecule has 1 aromatic rings. The van der Waals surface area contributed by atoms with E-state index in [0.29, 0.717) is 19.4 Å². The Morgan fingerprint density at radius 2 is 1.86 bits per heavy atom. The van der Waals surface area contributed by atoms with Crippen LogP contribution in [0.1, 0.15) is 25.8 Å². The van der Waals surface area contributed by atoms with Crippen LogP contribution in [0.25, 0.3) is 0 Å². The number of methoxy groups -OCH3 is 1. The number of carbonyl (C=O) groups excluding carboxylic acids is 2. The molecule has 0 bridgehead atoms. The van der Waals surface area contributed by atoms with Gasteiger partial charge in [-0.05, 0) is 36.5 Å². The number of nitrogens with one attached hydrogen (secondary N) is 2. The Balaban J connectivity index is 2.39. The molecule has 22 heavy (non-hydrogen) atoms. The number of esters is 1. The second-order valence-corrected chi connectivity index (χ2v) is 5.48. The van der Waals surface area contributed by atoms with Crippen LogP contribution in [0, 0.1) is 11.7 Å². The van der Waals surface area contributed by atoms with Crippen molar-refractivity contribution in [3.05, 3.63) is 35.6 Å². The Labute approximate surface area is 130 Å². The lowest BCUT2D eigenvalue weighted by Gasteiger charge is -2.18. The van der Waals surface area contributed by atoms with Gasteiger partial charge in [0.05, 0.1) is 7.11 Å². The lowest BCUT2D eigenvalue weighted by molar-refractivity contribution is -0.143. The number of halogens is 1. The maximum absolute atomic E-state index is 12.8. The minimum absolute atomic E-state index is 0.253. The van der Waals surface area contributed by atoms with E-state index < -0.39 is 18.0 Å². The number of carbonyl (C=O) groups is 2. The van der Waals surface area contributed by atoms with Gasteiger partial charge in [-0.25, -0.2) is 14.0 Å². The third kappa shape index (κ3) is 6.56. The second-order valence-electron chi connectivity index (χ2n) is 5.48. The first-order valence-corrected chi connectivity index (χ1v) is 7.29. The molecule has 0 heterocycles. The third-order valence-corrected chi connectivity index (χ3v) is 3.11. The van der Waals surface area contributed by atoms with Crippen molar-refractivity contribution < 1.29 is 18.7 Å². The highest BCUT2D eigenvalue weighted by Gasteiger charge is 2.22. The Hall–Kier alpha value is -2.11. The summed E-state index contributed by atoms with van der Waals surface area (Å²) in [6.45, 7) is 4.32. The van der Waals surface area contributed by atoms with Crippen LogP contribution in [0.15, 0.2) is 24.3 Å². The summed E-state index contributed by atoms with van der Waals surface area (Å²) in [4.78, 5) is 23.4. The van der Waals surface area contributed by atoms with Gasteiger partial charge in [0.2, 0.25) is 0 Å². The van der Waals surface area contributed by atoms with Crippen LogP contribution >= 0.6 is 0 Å². The summed E-state index contributed by atoms with van der Waals surface area (Å²) in [5.41, 5.74) is 0.924. The number of hydrogen-bond donors (Lipinski definition) is 2. The molecule has 6 heteroatoms. The van der Waals surface area contributed by atoms with Crippen molar-refractivity contribution in [3.63, 3.8) is 0 Å². The van der Waals surface area contributed by atoms with E-state index >= 15 is 0 Å². The van der Waals surface area contributed by atoms with Gasteiger partial charge in [0.1, 0.15) is 11.9 Å².